The minimum atomic E-state index is -0.723. The van der Waals surface area contributed by atoms with Crippen molar-refractivity contribution in [2.45, 2.75) is 20.8 Å². The number of carbonyl (C=O) groups excluding carboxylic acids is 1. The average molecular weight is 624 g/mol. The van der Waals surface area contributed by atoms with Crippen LogP contribution < -0.4 is 19.9 Å². The fourth-order valence-electron chi connectivity index (χ4n) is 4.92. The first-order chi connectivity index (χ1) is 20.5. The Balaban J connectivity index is 1.47. The third-order valence-electron chi connectivity index (χ3n) is 7.82. The summed E-state index contributed by atoms with van der Waals surface area (Å²) in [5.41, 5.74) is 6.10. The molecule has 0 atom stereocenters. The molecule has 43 heavy (non-hydrogen) atoms. The zero-order chi connectivity index (χ0) is 30.8. The van der Waals surface area contributed by atoms with E-state index < -0.39 is 6.09 Å². The van der Waals surface area contributed by atoms with Gasteiger partial charge in [0, 0.05) is 55.6 Å². The molecular formula is C32H33Cl2FN6O2. The van der Waals surface area contributed by atoms with Gasteiger partial charge in [0.15, 0.2) is 0 Å². The molecule has 8 nitrogen and oxygen atoms in total. The molecule has 1 N–H and O–H groups in total. The summed E-state index contributed by atoms with van der Waals surface area (Å²) >= 11 is 12.4. The topological polar surface area (TPSA) is 73.8 Å². The Labute approximate surface area is 261 Å². The van der Waals surface area contributed by atoms with Crippen LogP contribution in [-0.2, 0) is 0 Å². The number of aryl methyl sites for hydroxylation is 1. The van der Waals surface area contributed by atoms with Gasteiger partial charge in [-0.25, -0.2) is 14.2 Å². The second-order valence-electron chi connectivity index (χ2n) is 10.7. The number of nitrogens with one attached hydrogen (secondary N) is 1. The molecule has 1 aliphatic heterocycles. The first-order valence-electron chi connectivity index (χ1n) is 13.9. The Hall–Kier alpha value is -3.92. The van der Waals surface area contributed by atoms with Crippen molar-refractivity contribution in [2.75, 3.05) is 55.4 Å². The second-order valence-corrected chi connectivity index (χ2v) is 11.5. The molecule has 0 spiro atoms. The summed E-state index contributed by atoms with van der Waals surface area (Å²) in [4.78, 5) is 27.8. The Morgan fingerprint density at radius 3 is 2.42 bits per heavy atom. The zero-order valence-electron chi connectivity index (χ0n) is 24.7. The van der Waals surface area contributed by atoms with Crippen LogP contribution in [0.25, 0.3) is 11.3 Å². The molecule has 11 heteroatoms. The van der Waals surface area contributed by atoms with E-state index in [9.17, 15) is 4.79 Å². The van der Waals surface area contributed by atoms with E-state index in [1.165, 1.54) is 18.0 Å². The van der Waals surface area contributed by atoms with E-state index in [2.05, 4.69) is 22.2 Å². The summed E-state index contributed by atoms with van der Waals surface area (Å²) in [6.45, 7) is 9.36. The van der Waals surface area contributed by atoms with E-state index in [0.29, 0.717) is 32.8 Å². The summed E-state index contributed by atoms with van der Waals surface area (Å²) in [6.07, 6.45) is -0.723. The lowest BCUT2D eigenvalue weighted by molar-refractivity contribution is 0.207. The molecule has 3 aromatic carbocycles. The maximum Gasteiger partial charge on any atom is 0.420 e. The van der Waals surface area contributed by atoms with Crippen molar-refractivity contribution in [3.8, 4) is 17.1 Å². The lowest BCUT2D eigenvalue weighted by atomic mass is 9.97. The number of anilines is 4. The average Bonchev–Trinajstić information content (AvgIpc) is 2.97. The van der Waals surface area contributed by atoms with Crippen LogP contribution in [0.4, 0.5) is 32.2 Å². The highest BCUT2D eigenvalue weighted by Crippen LogP contribution is 2.32. The van der Waals surface area contributed by atoms with Gasteiger partial charge in [-0.15, -0.1) is 0 Å². The van der Waals surface area contributed by atoms with Crippen molar-refractivity contribution in [2.24, 2.45) is 0 Å². The van der Waals surface area contributed by atoms with Crippen LogP contribution in [0.2, 0.25) is 10.0 Å². The molecule has 4 aromatic rings. The van der Waals surface area contributed by atoms with Crippen molar-refractivity contribution in [3.63, 3.8) is 0 Å². The smallest absolute Gasteiger partial charge is 0.391 e. The number of benzene rings is 3. The number of amides is 1. The SMILES string of the molecule is Cc1ccc(-c2cc(OC(=O)N(C)c3cc(Cl)ccc3Cl)nc(Nc3ccc(N4CCN(C)CC4)c(F)c3)n2)c(C)c1C. The van der Waals surface area contributed by atoms with Crippen molar-refractivity contribution < 1.29 is 13.9 Å². The summed E-state index contributed by atoms with van der Waals surface area (Å²) in [7, 11) is 3.59. The van der Waals surface area contributed by atoms with E-state index in [0.717, 1.165) is 48.4 Å². The predicted octanol–water partition coefficient (Wildman–Crippen LogP) is 7.65. The molecule has 5 rings (SSSR count). The molecule has 1 saturated heterocycles. The van der Waals surface area contributed by atoms with Gasteiger partial charge in [0.25, 0.3) is 0 Å². The zero-order valence-corrected chi connectivity index (χ0v) is 26.2. The molecule has 0 bridgehead atoms. The van der Waals surface area contributed by atoms with E-state index in [1.54, 1.807) is 36.4 Å². The molecule has 0 unspecified atom stereocenters. The number of nitrogens with zero attached hydrogens (tertiary/aromatic N) is 5. The number of ether oxygens (including phenoxy) is 1. The lowest BCUT2D eigenvalue weighted by Gasteiger charge is -2.34. The van der Waals surface area contributed by atoms with Gasteiger partial charge in [0.05, 0.1) is 22.1 Å². The van der Waals surface area contributed by atoms with E-state index in [-0.39, 0.29) is 17.6 Å². The molecule has 1 fully saturated rings. The van der Waals surface area contributed by atoms with Crippen LogP contribution in [0.1, 0.15) is 16.7 Å². The van der Waals surface area contributed by atoms with Crippen LogP contribution in [0, 0.1) is 26.6 Å². The molecular weight excluding hydrogens is 590 g/mol. The van der Waals surface area contributed by atoms with Gasteiger partial charge in [-0.1, -0.05) is 35.3 Å². The van der Waals surface area contributed by atoms with Crippen LogP contribution in [0.3, 0.4) is 0 Å². The highest BCUT2D eigenvalue weighted by atomic mass is 35.5. The molecule has 0 saturated carbocycles. The maximum atomic E-state index is 15.2. The first-order valence-corrected chi connectivity index (χ1v) is 14.6. The van der Waals surface area contributed by atoms with E-state index in [4.69, 9.17) is 32.9 Å². The number of aromatic nitrogens is 2. The van der Waals surface area contributed by atoms with Gasteiger partial charge in [-0.3, -0.25) is 4.90 Å². The monoisotopic (exact) mass is 622 g/mol. The number of hydrogen-bond acceptors (Lipinski definition) is 7. The largest absolute Gasteiger partial charge is 0.420 e. The van der Waals surface area contributed by atoms with E-state index >= 15 is 4.39 Å². The second kappa shape index (κ2) is 12.8. The third-order valence-corrected chi connectivity index (χ3v) is 8.37. The summed E-state index contributed by atoms with van der Waals surface area (Å²) in [5.74, 6) is -0.190. The van der Waals surface area contributed by atoms with Gasteiger partial charge in [0.1, 0.15) is 5.82 Å². The number of carbonyl (C=O) groups is 1. The minimum Gasteiger partial charge on any atom is -0.391 e. The quantitative estimate of drug-likeness (QED) is 0.237. The van der Waals surface area contributed by atoms with Gasteiger partial charge < -0.3 is 19.9 Å². The molecule has 224 valence electrons. The summed E-state index contributed by atoms with van der Waals surface area (Å²) in [6, 6.07) is 15.4. The molecule has 1 aliphatic rings. The number of halogens is 3. The standard InChI is InChI=1S/C32H33Cl2FN6O2/c1-19-6-9-24(21(3)20(19)2)27-18-30(43-32(42)40(5)29-16-22(33)7-10-25(29)34)38-31(37-27)36-23-8-11-28(26(35)17-23)41-14-12-39(4)13-15-41/h6-11,16-18H,12-15H2,1-5H3,(H,36,37,38). The third kappa shape index (κ3) is 6.85. The summed E-state index contributed by atoms with van der Waals surface area (Å²) in [5, 5.41) is 3.85. The lowest BCUT2D eigenvalue weighted by Crippen LogP contribution is -2.44. The number of hydrogen-bond donors (Lipinski definition) is 1. The highest BCUT2D eigenvalue weighted by Gasteiger charge is 2.21. The van der Waals surface area contributed by atoms with Gasteiger partial charge in [-0.2, -0.15) is 4.98 Å². The Bertz CT molecular complexity index is 1680. The maximum absolute atomic E-state index is 15.2. The predicted molar refractivity (Wildman–Crippen MR) is 172 cm³/mol. The number of rotatable bonds is 6. The Morgan fingerprint density at radius 1 is 0.953 bits per heavy atom. The number of likely N-dealkylation sites (N-methyl/N-ethyl adjacent to an activating group) is 1. The highest BCUT2D eigenvalue weighted by molar-refractivity contribution is 6.35. The Morgan fingerprint density at radius 2 is 1.70 bits per heavy atom. The van der Waals surface area contributed by atoms with Crippen LogP contribution in [0.15, 0.2) is 54.6 Å². The van der Waals surface area contributed by atoms with Gasteiger partial charge in [-0.05, 0) is 80.9 Å². The number of piperazine rings is 1. The van der Waals surface area contributed by atoms with Crippen LogP contribution in [0.5, 0.6) is 5.88 Å². The van der Waals surface area contributed by atoms with E-state index in [1.807, 2.05) is 37.8 Å². The van der Waals surface area contributed by atoms with Gasteiger partial charge >= 0.3 is 6.09 Å². The Kier molecular flexibility index (Phi) is 9.05. The van der Waals surface area contributed by atoms with Crippen molar-refractivity contribution in [1.82, 2.24) is 14.9 Å². The fourth-order valence-corrected chi connectivity index (χ4v) is 5.33. The van der Waals surface area contributed by atoms with Crippen LogP contribution >= 0.6 is 23.2 Å². The van der Waals surface area contributed by atoms with Crippen molar-refractivity contribution in [3.05, 3.63) is 87.2 Å². The molecule has 1 aromatic heterocycles. The molecule has 0 radical (unpaired) electrons. The van der Waals surface area contributed by atoms with Gasteiger partial charge in [0.2, 0.25) is 11.8 Å². The first kappa shape index (κ1) is 30.5. The molecule has 2 heterocycles. The fraction of sp³-hybridized carbons (Fsp3) is 0.281. The summed E-state index contributed by atoms with van der Waals surface area (Å²) < 4.78 is 20.9. The molecule has 1 amide bonds. The van der Waals surface area contributed by atoms with Crippen molar-refractivity contribution in [1.29, 1.82) is 0 Å². The van der Waals surface area contributed by atoms with Crippen molar-refractivity contribution >= 4 is 52.3 Å². The normalized spacial score (nSPS) is 13.6. The molecule has 0 aliphatic carbocycles. The van der Waals surface area contributed by atoms with Crippen LogP contribution in [-0.4, -0.2) is 61.2 Å². The minimum absolute atomic E-state index is 0.00894.